The van der Waals surface area contributed by atoms with Gasteiger partial charge in [-0.3, -0.25) is 9.97 Å². The molecule has 12 aromatic heterocycles. The minimum atomic E-state index is 0.455. The first-order valence-corrected chi connectivity index (χ1v) is 62.6. The number of pyridine rings is 2. The molecule has 0 bridgehead atoms. The van der Waals surface area contributed by atoms with Gasteiger partial charge in [-0.1, -0.05) is 165 Å². The van der Waals surface area contributed by atoms with E-state index in [0.717, 1.165) is 65.9 Å². The number of thiophene rings is 3. The van der Waals surface area contributed by atoms with Crippen LogP contribution in [-0.4, -0.2) is 33.4 Å². The summed E-state index contributed by atoms with van der Waals surface area (Å²) in [6.45, 7) is 47.0. The number of hydrogen-bond donors (Lipinski definition) is 0. The van der Waals surface area contributed by atoms with Gasteiger partial charge in [0.05, 0.1) is 29.5 Å². The van der Waals surface area contributed by atoms with Crippen LogP contribution < -0.4 is 0 Å². The van der Waals surface area contributed by atoms with Gasteiger partial charge in [0, 0.05) is 97.5 Å². The summed E-state index contributed by atoms with van der Waals surface area (Å²) in [4.78, 5) is 22.1. The van der Waals surface area contributed by atoms with Crippen LogP contribution in [0.1, 0.15) is 527 Å². The van der Waals surface area contributed by atoms with E-state index in [1.54, 1.807) is 64.7 Å². The van der Waals surface area contributed by atoms with Crippen LogP contribution in [0.4, 0.5) is 0 Å². The van der Waals surface area contributed by atoms with E-state index >= 15 is 0 Å². The number of fused-ring (bicyclic) bond motifs is 13. The Kier molecular flexibility index (Phi) is 43.6. The number of benzene rings is 1. The zero-order chi connectivity index (χ0) is 106. The third kappa shape index (κ3) is 32.1. The summed E-state index contributed by atoms with van der Waals surface area (Å²) in [6, 6.07) is 37.1. The summed E-state index contributed by atoms with van der Waals surface area (Å²) in [5, 5.41) is 7.93. The fraction of sp³-hybridized carbons (Fsp3) is 0.566. The molecule has 0 saturated carbocycles. The van der Waals surface area contributed by atoms with Crippen molar-refractivity contribution in [1.82, 2.24) is 19.9 Å². The maximum absolute atomic E-state index is 5.62. The van der Waals surface area contributed by atoms with Crippen molar-refractivity contribution >= 4 is 45.3 Å². The Morgan fingerprint density at radius 1 is 0.333 bits per heavy atom. The number of hydrogen-bond acceptors (Lipinski definition) is 14. The molecule has 28 rings (SSSR count). The maximum Gasteiger partial charge on any atom is 0.112 e. The largest absolute Gasteiger partial charge is 0.469 e. The topological polar surface area (TPSA) is 121 Å². The first kappa shape index (κ1) is 115. The molecule has 0 amide bonds. The second-order valence-corrected chi connectivity index (χ2v) is 52.3. The molecule has 14 heteroatoms. The number of rotatable bonds is 0. The highest BCUT2D eigenvalue weighted by Crippen LogP contribution is 2.46. The molecule has 0 unspecified atom stereocenters. The van der Waals surface area contributed by atoms with E-state index in [1.165, 1.54) is 352 Å². The Hall–Kier alpha value is -8.63. The van der Waals surface area contributed by atoms with Gasteiger partial charge in [-0.25, -0.2) is 4.98 Å². The fourth-order valence-corrected chi connectivity index (χ4v) is 30.7. The molecule has 810 valence electrons. The first-order valence-electron chi connectivity index (χ1n) is 59.1. The van der Waals surface area contributed by atoms with Crippen molar-refractivity contribution in [2.75, 3.05) is 13.6 Å². The minimum Gasteiger partial charge on any atom is -0.469 e. The van der Waals surface area contributed by atoms with Crippen molar-refractivity contribution in [3.8, 4) is 0 Å². The zero-order valence-corrected chi connectivity index (χ0v) is 99.3. The van der Waals surface area contributed by atoms with Crippen LogP contribution in [0.3, 0.4) is 0 Å². The molecule has 0 saturated heterocycles. The van der Waals surface area contributed by atoms with Crippen LogP contribution in [0, 0.1) is 39.0 Å². The van der Waals surface area contributed by atoms with Gasteiger partial charge in [0.2, 0.25) is 0 Å². The predicted molar refractivity (Wildman–Crippen MR) is 635 cm³/mol. The summed E-state index contributed by atoms with van der Waals surface area (Å²) in [7, 11) is 2.15. The molecule has 10 nitrogen and oxygen atoms in total. The van der Waals surface area contributed by atoms with Gasteiger partial charge in [0.1, 0.15) is 51.8 Å². The van der Waals surface area contributed by atoms with E-state index in [-0.39, 0.29) is 0 Å². The highest BCUT2D eigenvalue weighted by atomic mass is 32.1. The van der Waals surface area contributed by atoms with Crippen molar-refractivity contribution in [2.24, 2.45) is 11.3 Å². The van der Waals surface area contributed by atoms with Crippen LogP contribution >= 0.6 is 45.3 Å². The lowest BCUT2D eigenvalue weighted by atomic mass is 9.72. The standard InChI is InChI=1S/C11H16O.C11H14.2C10H13N.3C10H14O.C10H14.C9H13NO.C9H13NS.C9H12O.3C9H12S/c1-8-6-11(2,3)7-9-4-5-12-10(8)9;1-9-5-4-7-10-6-2-3-8-11(9)10;1-8-4-2-6-10-9(8)5-3-7-11-10;1-8-4-2-5-9-6-3-7-11-10(8)9;3*1-7-4-3-5-9-6-8(2)11-10(7)9;1-8-4-2-5-9-6-3-7-10(8)9;1-7-5-10(2)6-8-3-4-11-9(7)8;1-6-4-3-5-8-9(6)10-7(2)11-8;1-7-3-2-4-8-5-6-10-9(7)8;1-7-3-2-4-9-8(7)5-6-10-9;2*1-7-3-2-4-8-5-6-10-9(7)8/h4-5,8H,6-7H2,1-3H3;2-3,6,8-9H,4-5,7H2,1H3;3,5,7-8H,2,4,6H2,1H3;3,6-8H,2,4-5H2,1H3;3*6-7H,3-5H2,1-2H3;3,7-8H,2,4-6H2,1H3;3-4,7H,5-6H2,1-2H3;6H,3-5H2,1-2H3;4*5-7H,2-4H2,1H3/t8-;9-;2*8-;3*7-;8-;7-;6-;4*7-/m11111111111111/s1. The molecule has 1 aliphatic heterocycles. The van der Waals surface area contributed by atoms with E-state index in [2.05, 4.69) is 264 Å². The van der Waals surface area contributed by atoms with Crippen molar-refractivity contribution < 1.29 is 26.5 Å². The molecule has 0 fully saturated rings. The van der Waals surface area contributed by atoms with E-state index < -0.39 is 0 Å². The molecule has 1 aromatic carbocycles. The Labute approximate surface area is 921 Å². The number of allylic oxidation sites excluding steroid dienone is 4. The lowest BCUT2D eigenvalue weighted by Crippen LogP contribution is -2.28. The van der Waals surface area contributed by atoms with Gasteiger partial charge in [0.25, 0.3) is 0 Å². The third-order valence-electron chi connectivity index (χ3n) is 34.5. The SMILES string of the molecule is C[C@@H]1CC(C)(C)Cc2ccoc21.C[C@@H]1CCCC2=C1C=CC2.C[C@@H]1CCCc2ccccc21.C[C@@H]1CCCc2cccnc21.C[C@@H]1CCCc2ccoc21.C[C@@H]1CCCc2ccsc21.C[C@@H]1CCCc2ccsc21.C[C@@H]1CCCc2ncccc21.C[C@@H]1CCCc2sccc21.C[C@@H]1CN(C)Cc2ccoc21.Cc1cc2c(o1)[C@H](C)CCC2.Cc1cc2c(o1)[C@H](C)CCC2.Cc1cc2c(o1)[C@H](C)CCC2.Cc1nc2c(s1)CCC[C@H]2C. The quantitative estimate of drug-likeness (QED) is 0.145. The molecule has 15 aliphatic rings. The molecule has 14 aliphatic carbocycles. The Bertz CT molecular complexity index is 5760. The Morgan fingerprint density at radius 3 is 1.29 bits per heavy atom. The normalized spacial score (nSPS) is 24.4. The average Bonchev–Trinajstić information content (AvgIpc) is 1.56. The van der Waals surface area contributed by atoms with Crippen molar-refractivity contribution in [1.29, 1.82) is 0 Å². The summed E-state index contributed by atoms with van der Waals surface area (Å²) in [5.74, 6) is 20.6. The Morgan fingerprint density at radius 2 is 0.753 bits per heavy atom. The minimum absolute atomic E-state index is 0.455. The summed E-state index contributed by atoms with van der Waals surface area (Å²) in [6.07, 6.45) is 65.1. The molecular weight excluding hydrogens is 1910 g/mol. The number of likely N-dealkylation sites (N-methyl/N-ethyl adjacent to an activating group) is 1. The number of aromatic nitrogens is 3. The molecule has 0 radical (unpaired) electrons. The molecular formula is C136H186N4O6S4. The zero-order valence-electron chi connectivity index (χ0n) is 96.0. The monoisotopic (exact) mass is 2100 g/mol. The van der Waals surface area contributed by atoms with E-state index in [1.807, 2.05) is 103 Å². The van der Waals surface area contributed by atoms with Crippen LogP contribution in [-0.2, 0) is 83.6 Å². The van der Waals surface area contributed by atoms with Gasteiger partial charge < -0.3 is 31.4 Å². The maximum atomic E-state index is 5.62. The van der Waals surface area contributed by atoms with Gasteiger partial charge >= 0.3 is 0 Å². The summed E-state index contributed by atoms with van der Waals surface area (Å²) >= 11 is 7.68. The van der Waals surface area contributed by atoms with E-state index in [9.17, 15) is 0 Å². The highest BCUT2D eigenvalue weighted by Gasteiger charge is 2.34. The summed E-state index contributed by atoms with van der Waals surface area (Å²) < 4.78 is 33.1. The Balaban J connectivity index is 0.000000121. The van der Waals surface area contributed by atoms with Gasteiger partial charge in [-0.15, -0.1) is 45.3 Å². The highest BCUT2D eigenvalue weighted by molar-refractivity contribution is 7.11. The molecule has 13 heterocycles. The first-order chi connectivity index (χ1) is 72.5. The molecule has 13 aromatic rings. The van der Waals surface area contributed by atoms with Gasteiger partial charge in [0.15, 0.2) is 0 Å². The molecule has 0 N–H and O–H groups in total. The lowest BCUT2D eigenvalue weighted by Gasteiger charge is -2.32. The molecule has 0 spiro atoms. The number of furan rings is 6. The predicted octanol–water partition coefficient (Wildman–Crippen LogP) is 40.7. The molecule has 150 heavy (non-hydrogen) atoms. The third-order valence-corrected chi connectivity index (χ3v) is 38.9. The van der Waals surface area contributed by atoms with E-state index in [4.69, 9.17) is 26.5 Å². The van der Waals surface area contributed by atoms with Gasteiger partial charge in [-0.05, 0) is 493 Å². The second-order valence-electron chi connectivity index (χ2n) is 48.1. The number of thiazole rings is 1. The van der Waals surface area contributed by atoms with Crippen LogP contribution in [0.2, 0.25) is 0 Å². The lowest BCUT2D eigenvalue weighted by molar-refractivity contribution is 0.264. The smallest absolute Gasteiger partial charge is 0.112 e. The van der Waals surface area contributed by atoms with Crippen LogP contribution in [0.5, 0.6) is 0 Å². The van der Waals surface area contributed by atoms with Crippen LogP contribution in [0.25, 0.3) is 0 Å². The average molecular weight is 2100 g/mol. The van der Waals surface area contributed by atoms with Crippen molar-refractivity contribution in [2.45, 2.75) is 472 Å². The van der Waals surface area contributed by atoms with Crippen molar-refractivity contribution in [3.05, 3.63) is 340 Å². The fourth-order valence-electron chi connectivity index (χ4n) is 26.4. The van der Waals surface area contributed by atoms with Gasteiger partial charge in [-0.2, -0.15) is 0 Å². The second kappa shape index (κ2) is 56.7. The molecule has 14 atom stereocenters. The van der Waals surface area contributed by atoms with Crippen LogP contribution in [0.15, 0.2) is 200 Å². The van der Waals surface area contributed by atoms with E-state index in [0.29, 0.717) is 52.8 Å². The summed E-state index contributed by atoms with van der Waals surface area (Å²) in [5.41, 5.74) is 27.4. The number of aryl methyl sites for hydroxylation is 15. The van der Waals surface area contributed by atoms with Crippen molar-refractivity contribution in [3.63, 3.8) is 0 Å². The number of nitrogens with zero attached hydrogens (tertiary/aromatic N) is 4.